The third kappa shape index (κ3) is 3.62. The average molecular weight is 264 g/mol. The molecule has 104 valence electrons. The highest BCUT2D eigenvalue weighted by atomic mass is 16.5. The molecule has 0 radical (unpaired) electrons. The highest BCUT2D eigenvalue weighted by Gasteiger charge is 2.13. The van der Waals surface area contributed by atoms with Crippen LogP contribution in [0.2, 0.25) is 0 Å². The first kappa shape index (κ1) is 13.7. The van der Waals surface area contributed by atoms with Crippen LogP contribution < -0.4 is 0 Å². The van der Waals surface area contributed by atoms with Gasteiger partial charge in [-0.3, -0.25) is 0 Å². The van der Waals surface area contributed by atoms with E-state index in [1.165, 1.54) is 0 Å². The van der Waals surface area contributed by atoms with Crippen molar-refractivity contribution >= 4 is 0 Å². The summed E-state index contributed by atoms with van der Waals surface area (Å²) in [6.07, 6.45) is 2.73. The van der Waals surface area contributed by atoms with E-state index in [0.717, 1.165) is 30.9 Å². The van der Waals surface area contributed by atoms with Crippen molar-refractivity contribution in [2.75, 3.05) is 0 Å². The minimum absolute atomic E-state index is 0.282. The molecule has 0 aliphatic carbocycles. The van der Waals surface area contributed by atoms with E-state index in [9.17, 15) is 0 Å². The number of hydrogen-bond donors (Lipinski definition) is 0. The second kappa shape index (κ2) is 5.95. The fourth-order valence-electron chi connectivity index (χ4n) is 1.81. The molecule has 19 heavy (non-hydrogen) atoms. The predicted octanol–water partition coefficient (Wildman–Crippen LogP) is 3.01. The summed E-state index contributed by atoms with van der Waals surface area (Å²) in [6, 6.07) is 0. The maximum Gasteiger partial charge on any atom is 0.226 e. The maximum absolute atomic E-state index is 5.21. The van der Waals surface area contributed by atoms with Crippen LogP contribution in [0.15, 0.2) is 9.05 Å². The Morgan fingerprint density at radius 3 is 2.32 bits per heavy atom. The highest BCUT2D eigenvalue weighted by molar-refractivity contribution is 4.94. The molecule has 6 heteroatoms. The lowest BCUT2D eigenvalue weighted by molar-refractivity contribution is 0.364. The number of rotatable bonds is 6. The van der Waals surface area contributed by atoms with Gasteiger partial charge in [0.05, 0.1) is 0 Å². The first-order chi connectivity index (χ1) is 9.06. The first-order valence-corrected chi connectivity index (χ1v) is 6.69. The van der Waals surface area contributed by atoms with Gasteiger partial charge in [-0.15, -0.1) is 0 Å². The van der Waals surface area contributed by atoms with Crippen molar-refractivity contribution < 1.29 is 9.05 Å². The Morgan fingerprint density at radius 2 is 1.74 bits per heavy atom. The molecule has 0 aromatic carbocycles. The summed E-state index contributed by atoms with van der Waals surface area (Å²) in [6.45, 7) is 8.00. The molecule has 0 saturated heterocycles. The van der Waals surface area contributed by atoms with Crippen LogP contribution in [0, 0.1) is 6.92 Å². The predicted molar refractivity (Wildman–Crippen MR) is 68.8 cm³/mol. The summed E-state index contributed by atoms with van der Waals surface area (Å²) in [5, 5.41) is 7.88. The Kier molecular flexibility index (Phi) is 4.29. The molecule has 0 bridgehead atoms. The number of aryl methyl sites for hydroxylation is 2. The van der Waals surface area contributed by atoms with Crippen molar-refractivity contribution in [3.8, 4) is 0 Å². The van der Waals surface area contributed by atoms with Crippen LogP contribution in [-0.4, -0.2) is 20.3 Å². The van der Waals surface area contributed by atoms with Crippen LogP contribution in [0.3, 0.4) is 0 Å². The van der Waals surface area contributed by atoms with Gasteiger partial charge in [0.25, 0.3) is 0 Å². The van der Waals surface area contributed by atoms with Gasteiger partial charge in [-0.2, -0.15) is 9.97 Å². The lowest BCUT2D eigenvalue weighted by Crippen LogP contribution is -1.98. The summed E-state index contributed by atoms with van der Waals surface area (Å²) >= 11 is 0. The Balaban J connectivity index is 1.79. The van der Waals surface area contributed by atoms with Crippen molar-refractivity contribution in [2.24, 2.45) is 0 Å². The first-order valence-electron chi connectivity index (χ1n) is 6.69. The molecule has 0 fully saturated rings. The molecular weight excluding hydrogens is 244 g/mol. The van der Waals surface area contributed by atoms with E-state index in [-0.39, 0.29) is 5.92 Å². The van der Waals surface area contributed by atoms with Crippen LogP contribution in [-0.2, 0) is 6.42 Å². The molecule has 0 N–H and O–H groups in total. The Labute approximate surface area is 112 Å². The van der Waals surface area contributed by atoms with Gasteiger partial charge < -0.3 is 9.05 Å². The summed E-state index contributed by atoms with van der Waals surface area (Å²) in [7, 11) is 0. The molecule has 0 aliphatic rings. The molecule has 1 atom stereocenters. The minimum Gasteiger partial charge on any atom is -0.340 e. The SMILES string of the molecule is Cc1nc(C(C)CCCc2nc(C(C)C)no2)no1. The van der Waals surface area contributed by atoms with Crippen molar-refractivity contribution in [1.82, 2.24) is 20.3 Å². The number of aromatic nitrogens is 4. The van der Waals surface area contributed by atoms with Gasteiger partial charge in [0, 0.05) is 25.2 Å². The molecule has 2 rings (SSSR count). The van der Waals surface area contributed by atoms with E-state index >= 15 is 0 Å². The summed E-state index contributed by atoms with van der Waals surface area (Å²) in [5.41, 5.74) is 0. The molecule has 2 aromatic rings. The topological polar surface area (TPSA) is 77.8 Å². The van der Waals surface area contributed by atoms with Gasteiger partial charge in [-0.05, 0) is 12.8 Å². The molecule has 2 heterocycles. The second-order valence-electron chi connectivity index (χ2n) is 5.17. The zero-order chi connectivity index (χ0) is 13.8. The molecule has 0 aliphatic heterocycles. The van der Waals surface area contributed by atoms with Crippen molar-refractivity contribution in [1.29, 1.82) is 0 Å². The fourth-order valence-corrected chi connectivity index (χ4v) is 1.81. The normalized spacial score (nSPS) is 13.1. The minimum atomic E-state index is 0.282. The van der Waals surface area contributed by atoms with Crippen LogP contribution in [0.4, 0.5) is 0 Å². The molecular formula is C13H20N4O2. The Bertz CT molecular complexity index is 518. The summed E-state index contributed by atoms with van der Waals surface area (Å²) in [4.78, 5) is 8.59. The van der Waals surface area contributed by atoms with Gasteiger partial charge >= 0.3 is 0 Å². The van der Waals surface area contributed by atoms with Crippen LogP contribution >= 0.6 is 0 Å². The third-order valence-electron chi connectivity index (χ3n) is 3.01. The molecule has 6 nitrogen and oxygen atoms in total. The van der Waals surface area contributed by atoms with Gasteiger partial charge in [0.2, 0.25) is 11.8 Å². The quantitative estimate of drug-likeness (QED) is 0.798. The lowest BCUT2D eigenvalue weighted by atomic mass is 10.0. The third-order valence-corrected chi connectivity index (χ3v) is 3.01. The van der Waals surface area contributed by atoms with Crippen LogP contribution in [0.25, 0.3) is 0 Å². The zero-order valence-electron chi connectivity index (χ0n) is 11.9. The molecule has 0 spiro atoms. The molecule has 0 saturated carbocycles. The number of nitrogens with zero attached hydrogens (tertiary/aromatic N) is 4. The standard InChI is InChI=1S/C13H20N4O2/c1-8(2)12-15-11(19-16-12)7-5-6-9(3)13-14-10(4)18-17-13/h8-9H,5-7H2,1-4H3. The van der Waals surface area contributed by atoms with Crippen molar-refractivity contribution in [3.05, 3.63) is 23.4 Å². The number of hydrogen-bond acceptors (Lipinski definition) is 6. The van der Waals surface area contributed by atoms with E-state index in [2.05, 4.69) is 41.1 Å². The van der Waals surface area contributed by atoms with E-state index in [4.69, 9.17) is 9.05 Å². The Hall–Kier alpha value is -1.72. The van der Waals surface area contributed by atoms with E-state index in [0.29, 0.717) is 17.7 Å². The van der Waals surface area contributed by atoms with Crippen LogP contribution in [0.1, 0.15) is 68.9 Å². The van der Waals surface area contributed by atoms with Crippen molar-refractivity contribution in [2.45, 2.75) is 58.8 Å². The van der Waals surface area contributed by atoms with Gasteiger partial charge in [-0.25, -0.2) is 0 Å². The van der Waals surface area contributed by atoms with E-state index < -0.39 is 0 Å². The average Bonchev–Trinajstić information content (AvgIpc) is 2.98. The smallest absolute Gasteiger partial charge is 0.226 e. The highest BCUT2D eigenvalue weighted by Crippen LogP contribution is 2.19. The Morgan fingerprint density at radius 1 is 1.00 bits per heavy atom. The van der Waals surface area contributed by atoms with Gasteiger partial charge in [-0.1, -0.05) is 31.1 Å². The summed E-state index contributed by atoms with van der Waals surface area (Å²) in [5.74, 6) is 3.45. The van der Waals surface area contributed by atoms with E-state index in [1.807, 2.05) is 0 Å². The van der Waals surface area contributed by atoms with E-state index in [1.54, 1.807) is 6.92 Å². The van der Waals surface area contributed by atoms with Crippen molar-refractivity contribution in [3.63, 3.8) is 0 Å². The molecule has 0 amide bonds. The molecule has 2 aromatic heterocycles. The second-order valence-corrected chi connectivity index (χ2v) is 5.17. The summed E-state index contributed by atoms with van der Waals surface area (Å²) < 4.78 is 10.2. The molecule has 1 unspecified atom stereocenters. The maximum atomic E-state index is 5.21. The van der Waals surface area contributed by atoms with Gasteiger partial charge in [0.1, 0.15) is 0 Å². The van der Waals surface area contributed by atoms with Crippen LogP contribution in [0.5, 0.6) is 0 Å². The fraction of sp³-hybridized carbons (Fsp3) is 0.692. The monoisotopic (exact) mass is 264 g/mol. The largest absolute Gasteiger partial charge is 0.340 e. The zero-order valence-corrected chi connectivity index (χ0v) is 11.9. The van der Waals surface area contributed by atoms with Gasteiger partial charge in [0.15, 0.2) is 11.6 Å². The lowest BCUT2D eigenvalue weighted by Gasteiger charge is -2.04.